The molecule has 124 valence electrons. The Morgan fingerprint density at radius 1 is 1.25 bits per heavy atom. The number of aromatic nitrogens is 3. The van der Waals surface area contributed by atoms with Crippen LogP contribution in [0.4, 0.5) is 5.13 Å². The Bertz CT molecular complexity index is 836. The lowest BCUT2D eigenvalue weighted by molar-refractivity contribution is 0.424. The number of benzene rings is 1. The minimum atomic E-state index is 0.327. The molecule has 24 heavy (non-hydrogen) atoms. The first-order valence-corrected chi connectivity index (χ1v) is 8.75. The third-order valence-electron chi connectivity index (χ3n) is 3.62. The van der Waals surface area contributed by atoms with Gasteiger partial charge in [-0.15, -0.1) is 0 Å². The molecule has 0 saturated carbocycles. The molecular formula is C18H20N4OS. The molecule has 5 nitrogen and oxygen atoms in total. The third kappa shape index (κ3) is 3.38. The van der Waals surface area contributed by atoms with Crippen LogP contribution in [0.1, 0.15) is 26.6 Å². The number of hydrogen-bond acceptors (Lipinski definition) is 6. The molecular weight excluding hydrogens is 320 g/mol. The van der Waals surface area contributed by atoms with Gasteiger partial charge in [-0.25, -0.2) is 4.98 Å². The van der Waals surface area contributed by atoms with Crippen LogP contribution in [-0.4, -0.2) is 15.1 Å². The van der Waals surface area contributed by atoms with Gasteiger partial charge in [-0.2, -0.15) is 4.98 Å². The largest absolute Gasteiger partial charge is 0.336 e. The van der Waals surface area contributed by atoms with Gasteiger partial charge >= 0.3 is 0 Å². The minimum absolute atomic E-state index is 0.327. The van der Waals surface area contributed by atoms with Gasteiger partial charge in [0.15, 0.2) is 11.0 Å². The standard InChI is InChI=1S/C18H20N4OS/c1-5-14-20-17(23-22-14)16-15(13-9-7-6-8-10-13)21-18(24-16)19-12(4)11(2)3/h6-11H,4-5H2,1-3H3,(H,19,21). The number of nitrogens with zero attached hydrogens (tertiary/aromatic N) is 3. The van der Waals surface area contributed by atoms with Crippen LogP contribution in [0.15, 0.2) is 47.1 Å². The number of anilines is 1. The first kappa shape index (κ1) is 16.4. The van der Waals surface area contributed by atoms with Gasteiger partial charge in [0.25, 0.3) is 5.89 Å². The number of thiazole rings is 1. The zero-order valence-corrected chi connectivity index (χ0v) is 14.9. The van der Waals surface area contributed by atoms with Crippen molar-refractivity contribution in [2.24, 2.45) is 5.92 Å². The average molecular weight is 340 g/mol. The lowest BCUT2D eigenvalue weighted by Gasteiger charge is -2.09. The van der Waals surface area contributed by atoms with Crippen LogP contribution in [-0.2, 0) is 6.42 Å². The van der Waals surface area contributed by atoms with Crippen LogP contribution in [0, 0.1) is 5.92 Å². The maximum Gasteiger partial charge on any atom is 0.270 e. The Morgan fingerprint density at radius 3 is 2.62 bits per heavy atom. The molecule has 0 amide bonds. The molecule has 3 rings (SSSR count). The molecule has 0 aliphatic heterocycles. The molecule has 2 aromatic heterocycles. The fourth-order valence-electron chi connectivity index (χ4n) is 2.08. The van der Waals surface area contributed by atoms with Gasteiger partial charge in [-0.1, -0.05) is 74.2 Å². The highest BCUT2D eigenvalue weighted by atomic mass is 32.1. The topological polar surface area (TPSA) is 63.8 Å². The van der Waals surface area contributed by atoms with Crippen molar-refractivity contribution in [1.29, 1.82) is 0 Å². The highest BCUT2D eigenvalue weighted by Gasteiger charge is 2.20. The molecule has 0 atom stereocenters. The van der Waals surface area contributed by atoms with E-state index in [0.29, 0.717) is 17.6 Å². The highest BCUT2D eigenvalue weighted by molar-refractivity contribution is 7.19. The van der Waals surface area contributed by atoms with Crippen LogP contribution in [0.3, 0.4) is 0 Å². The van der Waals surface area contributed by atoms with E-state index in [9.17, 15) is 0 Å². The fraction of sp³-hybridized carbons (Fsp3) is 0.278. The maximum atomic E-state index is 5.43. The molecule has 2 heterocycles. The fourth-order valence-corrected chi connectivity index (χ4v) is 3.02. The van der Waals surface area contributed by atoms with Crippen LogP contribution in [0.2, 0.25) is 0 Å². The molecule has 1 aromatic carbocycles. The van der Waals surface area contributed by atoms with Crippen molar-refractivity contribution in [2.75, 3.05) is 5.32 Å². The lowest BCUT2D eigenvalue weighted by atomic mass is 10.1. The Labute approximate surface area is 145 Å². The molecule has 6 heteroatoms. The van der Waals surface area contributed by atoms with Crippen molar-refractivity contribution in [1.82, 2.24) is 15.1 Å². The van der Waals surface area contributed by atoms with E-state index in [-0.39, 0.29) is 0 Å². The second kappa shape index (κ2) is 6.97. The summed E-state index contributed by atoms with van der Waals surface area (Å²) in [5, 5.41) is 8.06. The summed E-state index contributed by atoms with van der Waals surface area (Å²) in [7, 11) is 0. The van der Waals surface area contributed by atoms with Crippen molar-refractivity contribution in [2.45, 2.75) is 27.2 Å². The number of rotatable bonds is 6. The SMILES string of the molecule is C=C(Nc1nc(-c2ccccc2)c(-c2nc(CC)no2)s1)C(C)C. The smallest absolute Gasteiger partial charge is 0.270 e. The van der Waals surface area contributed by atoms with Crippen LogP contribution < -0.4 is 5.32 Å². The number of nitrogens with one attached hydrogen (secondary N) is 1. The maximum absolute atomic E-state index is 5.43. The van der Waals surface area contributed by atoms with E-state index in [4.69, 9.17) is 9.51 Å². The van der Waals surface area contributed by atoms with Gasteiger partial charge in [-0.05, 0) is 5.92 Å². The first-order chi connectivity index (χ1) is 11.6. The average Bonchev–Trinajstić information content (AvgIpc) is 3.22. The monoisotopic (exact) mass is 340 g/mol. The Hall–Kier alpha value is -2.47. The van der Waals surface area contributed by atoms with Crippen molar-refractivity contribution < 1.29 is 4.52 Å². The Kier molecular flexibility index (Phi) is 4.76. The van der Waals surface area contributed by atoms with Crippen molar-refractivity contribution >= 4 is 16.5 Å². The highest BCUT2D eigenvalue weighted by Crippen LogP contribution is 2.38. The summed E-state index contributed by atoms with van der Waals surface area (Å²) < 4.78 is 5.43. The summed E-state index contributed by atoms with van der Waals surface area (Å²) in [4.78, 5) is 10.1. The van der Waals surface area contributed by atoms with E-state index in [0.717, 1.165) is 33.4 Å². The minimum Gasteiger partial charge on any atom is -0.336 e. The molecule has 0 aliphatic rings. The second-order valence-corrected chi connectivity index (χ2v) is 6.74. The van der Waals surface area contributed by atoms with Crippen molar-refractivity contribution in [3.63, 3.8) is 0 Å². The third-order valence-corrected chi connectivity index (χ3v) is 4.58. The van der Waals surface area contributed by atoms with Gasteiger partial charge in [0.05, 0.1) is 5.69 Å². The summed E-state index contributed by atoms with van der Waals surface area (Å²) in [6.07, 6.45) is 0.734. The van der Waals surface area contributed by atoms with Crippen molar-refractivity contribution in [3.8, 4) is 22.0 Å². The van der Waals surface area contributed by atoms with Crippen LogP contribution >= 0.6 is 11.3 Å². The number of hydrogen-bond donors (Lipinski definition) is 1. The van der Waals surface area contributed by atoms with E-state index in [1.807, 2.05) is 37.3 Å². The number of aryl methyl sites for hydroxylation is 1. The van der Waals surface area contributed by atoms with Gasteiger partial charge in [0, 0.05) is 17.7 Å². The molecule has 0 unspecified atom stereocenters. The van der Waals surface area contributed by atoms with Gasteiger partial charge in [-0.3, -0.25) is 0 Å². The summed E-state index contributed by atoms with van der Waals surface area (Å²) in [5.74, 6) is 1.53. The molecule has 3 aromatic rings. The summed E-state index contributed by atoms with van der Waals surface area (Å²) >= 11 is 1.50. The Balaban J connectivity index is 2.04. The van der Waals surface area contributed by atoms with E-state index >= 15 is 0 Å². The molecule has 1 N–H and O–H groups in total. The molecule has 0 saturated heterocycles. The zero-order chi connectivity index (χ0) is 17.1. The van der Waals surface area contributed by atoms with E-state index < -0.39 is 0 Å². The van der Waals surface area contributed by atoms with Crippen LogP contribution in [0.5, 0.6) is 0 Å². The molecule has 0 fully saturated rings. The molecule has 0 spiro atoms. The summed E-state index contributed by atoms with van der Waals surface area (Å²) in [6.45, 7) is 10.2. The summed E-state index contributed by atoms with van der Waals surface area (Å²) in [5.41, 5.74) is 2.78. The van der Waals surface area contributed by atoms with Gasteiger partial charge in [0.2, 0.25) is 0 Å². The number of allylic oxidation sites excluding steroid dienone is 1. The summed E-state index contributed by atoms with van der Waals surface area (Å²) in [6, 6.07) is 10.0. The zero-order valence-electron chi connectivity index (χ0n) is 14.0. The van der Waals surface area contributed by atoms with Gasteiger partial charge < -0.3 is 9.84 Å². The Morgan fingerprint density at radius 2 is 2.00 bits per heavy atom. The quantitative estimate of drug-likeness (QED) is 0.684. The first-order valence-electron chi connectivity index (χ1n) is 7.93. The lowest BCUT2D eigenvalue weighted by Crippen LogP contribution is -2.03. The molecule has 0 radical (unpaired) electrons. The van der Waals surface area contributed by atoms with Crippen molar-refractivity contribution in [3.05, 3.63) is 48.4 Å². The van der Waals surface area contributed by atoms with Crippen LogP contribution in [0.25, 0.3) is 22.0 Å². The van der Waals surface area contributed by atoms with E-state index in [1.54, 1.807) is 0 Å². The van der Waals surface area contributed by atoms with E-state index in [2.05, 4.69) is 35.9 Å². The predicted molar refractivity (Wildman–Crippen MR) is 97.8 cm³/mol. The predicted octanol–water partition coefficient (Wildman–Crippen LogP) is 5.00. The molecule has 0 aliphatic carbocycles. The normalized spacial score (nSPS) is 11.0. The molecule has 0 bridgehead atoms. The van der Waals surface area contributed by atoms with Gasteiger partial charge in [0.1, 0.15) is 4.88 Å². The second-order valence-electron chi connectivity index (χ2n) is 5.74. The van der Waals surface area contributed by atoms with E-state index in [1.165, 1.54) is 11.3 Å².